The van der Waals surface area contributed by atoms with Crippen LogP contribution in [0.3, 0.4) is 0 Å². The predicted molar refractivity (Wildman–Crippen MR) is 95.0 cm³/mol. The van der Waals surface area contributed by atoms with Gasteiger partial charge in [0.15, 0.2) is 0 Å². The first-order chi connectivity index (χ1) is 12.3. The number of hydrogen-bond acceptors (Lipinski definition) is 3. The highest BCUT2D eigenvalue weighted by Gasteiger charge is 2.30. The van der Waals surface area contributed by atoms with Crippen LogP contribution in [0, 0.1) is 0 Å². The van der Waals surface area contributed by atoms with Crippen LogP contribution in [0.2, 0.25) is 0 Å². The van der Waals surface area contributed by atoms with Crippen molar-refractivity contribution in [2.45, 2.75) is 25.4 Å². The molecule has 1 fully saturated rings. The number of carbonyl (C=O) groups is 1. The van der Waals surface area contributed by atoms with Crippen molar-refractivity contribution in [3.05, 3.63) is 84.2 Å². The Hall–Kier alpha value is -2.95. The molecule has 0 saturated carbocycles. The van der Waals surface area contributed by atoms with Crippen LogP contribution >= 0.6 is 0 Å². The number of hydrogen-bond donors (Lipinski definition) is 0. The number of likely N-dealkylation sites (tertiary alicyclic amines) is 1. The smallest absolute Gasteiger partial charge is 0.254 e. The molecule has 5 nitrogen and oxygen atoms in total. The highest BCUT2D eigenvalue weighted by molar-refractivity contribution is 5.94. The van der Waals surface area contributed by atoms with Gasteiger partial charge in [-0.15, -0.1) is 0 Å². The first kappa shape index (κ1) is 15.6. The number of rotatable bonds is 4. The molecule has 1 saturated heterocycles. The Bertz CT molecular complexity index is 828. The van der Waals surface area contributed by atoms with Crippen molar-refractivity contribution >= 4 is 5.91 Å². The maximum Gasteiger partial charge on any atom is 0.254 e. The van der Waals surface area contributed by atoms with Gasteiger partial charge in [-0.05, 0) is 48.2 Å². The molecule has 1 aromatic carbocycles. The average Bonchev–Trinajstić information content (AvgIpc) is 3.34. The third-order valence-electron chi connectivity index (χ3n) is 4.73. The molecule has 0 radical (unpaired) electrons. The molecular formula is C20H20N4O. The van der Waals surface area contributed by atoms with Gasteiger partial charge in [-0.3, -0.25) is 9.78 Å². The largest absolute Gasteiger partial charge is 0.333 e. The molecule has 5 heteroatoms. The Morgan fingerprint density at radius 3 is 2.56 bits per heavy atom. The minimum absolute atomic E-state index is 0.105. The van der Waals surface area contributed by atoms with Gasteiger partial charge >= 0.3 is 0 Å². The fourth-order valence-electron chi connectivity index (χ4n) is 3.45. The topological polar surface area (TPSA) is 51.0 Å². The summed E-state index contributed by atoms with van der Waals surface area (Å²) >= 11 is 0. The molecule has 1 amide bonds. The molecular weight excluding hydrogens is 312 g/mol. The summed E-state index contributed by atoms with van der Waals surface area (Å²) in [6.07, 6.45) is 11.1. The molecule has 1 unspecified atom stereocenters. The lowest BCUT2D eigenvalue weighted by atomic mass is 10.0. The van der Waals surface area contributed by atoms with Crippen LogP contribution in [0.15, 0.2) is 67.5 Å². The lowest BCUT2D eigenvalue weighted by molar-refractivity contribution is 0.0735. The number of carbonyl (C=O) groups excluding carboxylic acids is 1. The van der Waals surface area contributed by atoms with Crippen LogP contribution in [0.5, 0.6) is 0 Å². The SMILES string of the molecule is O=C(c1ccc(Cn2ccnc2)cc1)N1CCCC1c1ccncc1. The van der Waals surface area contributed by atoms with Crippen molar-refractivity contribution < 1.29 is 4.79 Å². The molecule has 4 rings (SSSR count). The van der Waals surface area contributed by atoms with Gasteiger partial charge in [-0.2, -0.15) is 0 Å². The van der Waals surface area contributed by atoms with Gasteiger partial charge in [0.2, 0.25) is 0 Å². The Morgan fingerprint density at radius 2 is 1.84 bits per heavy atom. The van der Waals surface area contributed by atoms with Crippen LogP contribution in [0.1, 0.15) is 40.4 Å². The summed E-state index contributed by atoms with van der Waals surface area (Å²) in [5.41, 5.74) is 3.06. The zero-order chi connectivity index (χ0) is 17.1. The Kier molecular flexibility index (Phi) is 4.29. The fraction of sp³-hybridized carbons (Fsp3) is 0.250. The molecule has 3 aromatic rings. The van der Waals surface area contributed by atoms with E-state index in [1.165, 1.54) is 0 Å². The van der Waals surface area contributed by atoms with E-state index in [0.29, 0.717) is 0 Å². The summed E-state index contributed by atoms with van der Waals surface area (Å²) in [5.74, 6) is 0.105. The normalized spacial score (nSPS) is 17.0. The fourth-order valence-corrected chi connectivity index (χ4v) is 3.45. The molecule has 0 aliphatic carbocycles. The third-order valence-corrected chi connectivity index (χ3v) is 4.73. The van der Waals surface area contributed by atoms with E-state index in [2.05, 4.69) is 9.97 Å². The number of imidazole rings is 1. The van der Waals surface area contributed by atoms with Gasteiger partial charge in [0.25, 0.3) is 5.91 Å². The Labute approximate surface area is 147 Å². The van der Waals surface area contributed by atoms with Crippen LogP contribution < -0.4 is 0 Å². The number of pyridine rings is 1. The maximum atomic E-state index is 13.0. The molecule has 0 N–H and O–H groups in total. The first-order valence-corrected chi connectivity index (χ1v) is 8.57. The van der Waals surface area contributed by atoms with Crippen LogP contribution in [-0.4, -0.2) is 31.9 Å². The molecule has 25 heavy (non-hydrogen) atoms. The molecule has 126 valence electrons. The second-order valence-electron chi connectivity index (χ2n) is 6.37. The molecule has 0 spiro atoms. The van der Waals surface area contributed by atoms with Crippen molar-refractivity contribution in [3.8, 4) is 0 Å². The minimum Gasteiger partial charge on any atom is -0.333 e. The Balaban J connectivity index is 1.50. The van der Waals surface area contributed by atoms with Crippen molar-refractivity contribution in [2.24, 2.45) is 0 Å². The molecule has 2 aromatic heterocycles. The highest BCUT2D eigenvalue weighted by Crippen LogP contribution is 2.32. The average molecular weight is 332 g/mol. The monoisotopic (exact) mass is 332 g/mol. The quantitative estimate of drug-likeness (QED) is 0.736. The third kappa shape index (κ3) is 3.31. The highest BCUT2D eigenvalue weighted by atomic mass is 16.2. The second-order valence-corrected chi connectivity index (χ2v) is 6.37. The van der Waals surface area contributed by atoms with Crippen LogP contribution in [0.4, 0.5) is 0 Å². The predicted octanol–water partition coefficient (Wildman–Crippen LogP) is 3.30. The summed E-state index contributed by atoms with van der Waals surface area (Å²) in [4.78, 5) is 23.1. The van der Waals surface area contributed by atoms with Crippen molar-refractivity contribution in [1.29, 1.82) is 0 Å². The Morgan fingerprint density at radius 1 is 1.04 bits per heavy atom. The van der Waals surface area contributed by atoms with Gasteiger partial charge in [-0.25, -0.2) is 4.98 Å². The van der Waals surface area contributed by atoms with Crippen molar-refractivity contribution in [1.82, 2.24) is 19.4 Å². The van der Waals surface area contributed by atoms with Crippen LogP contribution in [0.25, 0.3) is 0 Å². The summed E-state index contributed by atoms with van der Waals surface area (Å²) in [6.45, 7) is 1.57. The lowest BCUT2D eigenvalue weighted by Crippen LogP contribution is -2.30. The summed E-state index contributed by atoms with van der Waals surface area (Å²) in [6, 6.07) is 12.1. The van der Waals surface area contributed by atoms with E-state index in [4.69, 9.17) is 0 Å². The van der Waals surface area contributed by atoms with E-state index in [1.54, 1.807) is 24.9 Å². The zero-order valence-corrected chi connectivity index (χ0v) is 14.0. The van der Waals surface area contributed by atoms with E-state index in [1.807, 2.05) is 52.1 Å². The van der Waals surface area contributed by atoms with E-state index < -0.39 is 0 Å². The maximum absolute atomic E-state index is 13.0. The number of aromatic nitrogens is 3. The summed E-state index contributed by atoms with van der Waals surface area (Å²) < 4.78 is 2.01. The summed E-state index contributed by atoms with van der Waals surface area (Å²) in [5, 5.41) is 0. The molecule has 1 atom stereocenters. The van der Waals surface area contributed by atoms with Gasteiger partial charge in [0, 0.05) is 43.4 Å². The van der Waals surface area contributed by atoms with Crippen molar-refractivity contribution in [2.75, 3.05) is 6.54 Å². The molecule has 1 aliphatic heterocycles. The van der Waals surface area contributed by atoms with Crippen LogP contribution in [-0.2, 0) is 6.54 Å². The second kappa shape index (κ2) is 6.89. The lowest BCUT2D eigenvalue weighted by Gasteiger charge is -2.25. The molecule has 3 heterocycles. The van der Waals surface area contributed by atoms with Gasteiger partial charge in [0.05, 0.1) is 12.4 Å². The zero-order valence-electron chi connectivity index (χ0n) is 14.0. The molecule has 0 bridgehead atoms. The van der Waals surface area contributed by atoms with Crippen molar-refractivity contribution in [3.63, 3.8) is 0 Å². The number of nitrogens with zero attached hydrogens (tertiary/aromatic N) is 4. The van der Waals surface area contributed by atoms with E-state index >= 15 is 0 Å². The van der Waals surface area contributed by atoms with E-state index in [0.717, 1.165) is 42.6 Å². The molecule has 1 aliphatic rings. The van der Waals surface area contributed by atoms with E-state index in [-0.39, 0.29) is 11.9 Å². The summed E-state index contributed by atoms with van der Waals surface area (Å²) in [7, 11) is 0. The van der Waals surface area contributed by atoms with E-state index in [9.17, 15) is 4.79 Å². The standard InChI is InChI=1S/C20H20N4O/c25-20(24-12-1-2-19(24)17-7-9-21-10-8-17)18-5-3-16(4-6-18)14-23-13-11-22-15-23/h3-11,13,15,19H,1-2,12,14H2. The first-order valence-electron chi connectivity index (χ1n) is 8.57. The van der Waals surface area contributed by atoms with Gasteiger partial charge in [-0.1, -0.05) is 12.1 Å². The van der Waals surface area contributed by atoms with Gasteiger partial charge in [0.1, 0.15) is 0 Å². The number of amides is 1. The number of benzene rings is 1. The van der Waals surface area contributed by atoms with Gasteiger partial charge < -0.3 is 9.47 Å². The minimum atomic E-state index is 0.105.